The van der Waals surface area contributed by atoms with E-state index in [1.54, 1.807) is 11.8 Å². The number of benzene rings is 2. The number of hydrogen-bond donors (Lipinski definition) is 2. The first-order valence-electron chi connectivity index (χ1n) is 10.0. The van der Waals surface area contributed by atoms with Gasteiger partial charge in [-0.05, 0) is 38.5 Å². The van der Waals surface area contributed by atoms with Gasteiger partial charge in [-0.2, -0.15) is 0 Å². The van der Waals surface area contributed by atoms with Gasteiger partial charge < -0.3 is 25.5 Å². The van der Waals surface area contributed by atoms with Gasteiger partial charge in [0.05, 0.1) is 28.9 Å². The zero-order chi connectivity index (χ0) is 21.5. The van der Waals surface area contributed by atoms with Gasteiger partial charge in [-0.25, -0.2) is 4.79 Å². The Kier molecular flexibility index (Phi) is 5.42. The Morgan fingerprint density at radius 2 is 2.07 bits per heavy atom. The molecule has 6 nitrogen and oxygen atoms in total. The number of nitrogens with two attached hydrogens (primary N) is 2. The fourth-order valence-electron chi connectivity index (χ4n) is 4.02. The van der Waals surface area contributed by atoms with Crippen LogP contribution in [0.4, 0.5) is 5.69 Å². The summed E-state index contributed by atoms with van der Waals surface area (Å²) in [5.74, 6) is 0.922. The van der Waals surface area contributed by atoms with Crippen LogP contribution in [-0.4, -0.2) is 29.3 Å². The minimum atomic E-state index is -0.533. The summed E-state index contributed by atoms with van der Waals surface area (Å²) in [7, 11) is 1.96. The van der Waals surface area contributed by atoms with Gasteiger partial charge in [-0.3, -0.25) is 0 Å². The molecule has 0 aliphatic carbocycles. The van der Waals surface area contributed by atoms with Crippen LogP contribution in [0.2, 0.25) is 0 Å². The van der Waals surface area contributed by atoms with E-state index >= 15 is 0 Å². The minimum Gasteiger partial charge on any atom is -0.489 e. The van der Waals surface area contributed by atoms with Crippen molar-refractivity contribution >= 4 is 34.3 Å². The molecular formula is C23H27N3O3S. The molecule has 1 aliphatic heterocycles. The van der Waals surface area contributed by atoms with Crippen molar-refractivity contribution in [2.75, 3.05) is 18.9 Å². The van der Waals surface area contributed by atoms with E-state index < -0.39 is 5.54 Å². The predicted molar refractivity (Wildman–Crippen MR) is 121 cm³/mol. The fraction of sp³-hybridized carbons (Fsp3) is 0.348. The second-order valence-corrected chi connectivity index (χ2v) is 9.04. The maximum Gasteiger partial charge on any atom is 0.340 e. The molecule has 0 saturated carbocycles. The van der Waals surface area contributed by atoms with E-state index in [4.69, 9.17) is 20.9 Å². The molecule has 1 aromatic heterocycles. The Bertz CT molecular complexity index is 1110. The van der Waals surface area contributed by atoms with Crippen molar-refractivity contribution in [2.24, 2.45) is 12.8 Å². The van der Waals surface area contributed by atoms with Gasteiger partial charge >= 0.3 is 5.97 Å². The number of aryl methyl sites for hydroxylation is 1. The van der Waals surface area contributed by atoms with E-state index in [0.717, 1.165) is 27.1 Å². The smallest absolute Gasteiger partial charge is 0.340 e. The van der Waals surface area contributed by atoms with Crippen LogP contribution in [0, 0.1) is 0 Å². The zero-order valence-electron chi connectivity index (χ0n) is 17.5. The molecular weight excluding hydrogens is 398 g/mol. The number of hydrogen-bond acceptors (Lipinski definition) is 6. The first-order chi connectivity index (χ1) is 14.3. The highest BCUT2D eigenvalue weighted by atomic mass is 32.2. The summed E-state index contributed by atoms with van der Waals surface area (Å²) in [6.07, 6.45) is 0.575. The lowest BCUT2D eigenvalue weighted by molar-refractivity contribution is 0.0527. The number of nitrogens with zero attached hydrogens (tertiary/aromatic N) is 1. The van der Waals surface area contributed by atoms with Gasteiger partial charge in [0, 0.05) is 34.3 Å². The highest BCUT2D eigenvalue weighted by molar-refractivity contribution is 7.98. The molecule has 1 aliphatic rings. The molecule has 4 rings (SSSR count). The first kappa shape index (κ1) is 20.6. The van der Waals surface area contributed by atoms with Crippen LogP contribution >= 0.6 is 11.8 Å². The van der Waals surface area contributed by atoms with E-state index in [1.807, 2.05) is 49.7 Å². The lowest BCUT2D eigenvalue weighted by atomic mass is 9.88. The van der Waals surface area contributed by atoms with Crippen LogP contribution < -0.4 is 16.2 Å². The molecule has 7 heteroatoms. The second-order valence-electron chi connectivity index (χ2n) is 7.99. The Labute approximate surface area is 180 Å². The zero-order valence-corrected chi connectivity index (χ0v) is 18.3. The second kappa shape index (κ2) is 7.89. The van der Waals surface area contributed by atoms with Crippen molar-refractivity contribution in [2.45, 2.75) is 36.5 Å². The Morgan fingerprint density at radius 3 is 2.77 bits per heavy atom. The number of fused-ring (bicyclic) bond motifs is 3. The molecule has 0 saturated heterocycles. The normalized spacial score (nSPS) is 18.1. The number of anilines is 1. The molecule has 1 unspecified atom stereocenters. The summed E-state index contributed by atoms with van der Waals surface area (Å²) in [5, 5.41) is 0.834. The van der Waals surface area contributed by atoms with Gasteiger partial charge in [-0.1, -0.05) is 18.2 Å². The number of ether oxygens (including phenoxy) is 2. The molecule has 3 aromatic rings. The largest absolute Gasteiger partial charge is 0.489 e. The van der Waals surface area contributed by atoms with Gasteiger partial charge in [0.1, 0.15) is 12.4 Å². The third-order valence-corrected chi connectivity index (χ3v) is 6.44. The Morgan fingerprint density at radius 1 is 1.33 bits per heavy atom. The monoisotopic (exact) mass is 425 g/mol. The molecule has 0 radical (unpaired) electrons. The van der Waals surface area contributed by atoms with Crippen LogP contribution in [0.15, 0.2) is 41.3 Å². The van der Waals surface area contributed by atoms with Gasteiger partial charge in [0.15, 0.2) is 0 Å². The van der Waals surface area contributed by atoms with Crippen molar-refractivity contribution in [1.29, 1.82) is 0 Å². The summed E-state index contributed by atoms with van der Waals surface area (Å²) in [4.78, 5) is 14.2. The minimum absolute atomic E-state index is 0.308. The topological polar surface area (TPSA) is 92.5 Å². The van der Waals surface area contributed by atoms with Crippen LogP contribution in [0.1, 0.15) is 35.5 Å². The quantitative estimate of drug-likeness (QED) is 0.366. The molecule has 1 atom stereocenters. The number of rotatable bonds is 5. The first-order valence-corrected chi connectivity index (χ1v) is 11.0. The van der Waals surface area contributed by atoms with Crippen LogP contribution in [-0.2, 0) is 24.0 Å². The molecule has 158 valence electrons. The molecule has 30 heavy (non-hydrogen) atoms. The average molecular weight is 426 g/mol. The van der Waals surface area contributed by atoms with Crippen LogP contribution in [0.3, 0.4) is 0 Å². The standard InChI is InChI=1S/C23H27N3O3S/c1-4-28-22(27)20-18(12-30-14-8-6-5-7-9-14)26(3)17-10-16(24)21-15(19(17)20)11-23(2,25)13-29-21/h5-10H,4,11-13,24-25H2,1-3H3. The lowest BCUT2D eigenvalue weighted by Crippen LogP contribution is -2.47. The van der Waals surface area contributed by atoms with Crippen LogP contribution in [0.5, 0.6) is 5.75 Å². The van der Waals surface area contributed by atoms with Crippen LogP contribution in [0.25, 0.3) is 10.9 Å². The molecule has 0 bridgehead atoms. The third-order valence-electron chi connectivity index (χ3n) is 5.42. The Balaban J connectivity index is 1.91. The molecule has 0 fully saturated rings. The summed E-state index contributed by atoms with van der Waals surface area (Å²) < 4.78 is 13.4. The van der Waals surface area contributed by atoms with Gasteiger partial charge in [0.2, 0.25) is 0 Å². The molecule has 0 amide bonds. The molecule has 2 heterocycles. The van der Waals surface area contributed by atoms with E-state index in [2.05, 4.69) is 12.1 Å². The van der Waals surface area contributed by atoms with Gasteiger partial charge in [0.25, 0.3) is 0 Å². The maximum absolute atomic E-state index is 13.1. The number of esters is 1. The molecule has 2 aromatic carbocycles. The lowest BCUT2D eigenvalue weighted by Gasteiger charge is -2.32. The summed E-state index contributed by atoms with van der Waals surface area (Å²) in [6, 6.07) is 12.0. The number of carbonyl (C=O) groups excluding carboxylic acids is 1. The van der Waals surface area contributed by atoms with Crippen molar-refractivity contribution in [3.05, 3.63) is 53.2 Å². The van der Waals surface area contributed by atoms with Crippen molar-refractivity contribution in [3.8, 4) is 5.75 Å². The Hall–Kier alpha value is -2.64. The number of nitrogen functional groups attached to an aromatic ring is 1. The highest BCUT2D eigenvalue weighted by Gasteiger charge is 2.34. The van der Waals surface area contributed by atoms with Gasteiger partial charge in [-0.15, -0.1) is 11.8 Å². The van der Waals surface area contributed by atoms with E-state index in [-0.39, 0.29) is 5.97 Å². The maximum atomic E-state index is 13.1. The van der Waals surface area contributed by atoms with Crippen molar-refractivity contribution in [1.82, 2.24) is 4.57 Å². The van der Waals surface area contributed by atoms with Crippen molar-refractivity contribution in [3.63, 3.8) is 0 Å². The van der Waals surface area contributed by atoms with E-state index in [0.29, 0.717) is 42.4 Å². The highest BCUT2D eigenvalue weighted by Crippen LogP contribution is 2.43. The number of thioether (sulfide) groups is 1. The average Bonchev–Trinajstić information content (AvgIpc) is 2.99. The summed E-state index contributed by atoms with van der Waals surface area (Å²) in [6.45, 7) is 4.45. The SMILES string of the molecule is CCOC(=O)c1c(CSc2ccccc2)n(C)c2cc(N)c3c(c12)CC(C)(N)CO3. The van der Waals surface area contributed by atoms with E-state index in [9.17, 15) is 4.79 Å². The van der Waals surface area contributed by atoms with E-state index in [1.165, 1.54) is 0 Å². The summed E-state index contributed by atoms with van der Waals surface area (Å²) in [5.41, 5.74) is 16.0. The fourth-order valence-corrected chi connectivity index (χ4v) is 5.01. The van der Waals surface area contributed by atoms with Crippen molar-refractivity contribution < 1.29 is 14.3 Å². The molecule has 4 N–H and O–H groups in total. The third kappa shape index (κ3) is 3.63. The number of aromatic nitrogens is 1. The summed E-state index contributed by atoms with van der Waals surface area (Å²) >= 11 is 1.68. The molecule has 0 spiro atoms. The number of carbonyl (C=O) groups is 1. The predicted octanol–water partition coefficient (Wildman–Crippen LogP) is 3.88.